The molecule has 0 atom stereocenters. The van der Waals surface area contributed by atoms with Crippen LogP contribution in [0, 0.1) is 6.92 Å². The van der Waals surface area contributed by atoms with E-state index in [-0.39, 0.29) is 4.90 Å². The molecule has 0 unspecified atom stereocenters. The monoisotopic (exact) mass is 361 g/mol. The average molecular weight is 361 g/mol. The minimum Gasteiger partial charge on any atom is -0.480 e. The van der Waals surface area contributed by atoms with Crippen LogP contribution >= 0.6 is 0 Å². The van der Waals surface area contributed by atoms with Crippen LogP contribution in [0.25, 0.3) is 0 Å². The number of nitrogens with zero attached hydrogens (tertiary/aromatic N) is 1. The Hall–Kier alpha value is -2.34. The normalized spacial score (nSPS) is 11.3. The Morgan fingerprint density at radius 3 is 1.96 bits per heavy atom. The van der Waals surface area contributed by atoms with Crippen LogP contribution in [-0.4, -0.2) is 26.0 Å². The minimum absolute atomic E-state index is 0.0901. The van der Waals surface area contributed by atoms with Gasteiger partial charge in [-0.05, 0) is 43.0 Å². The number of sulfonamides is 1. The lowest BCUT2D eigenvalue weighted by Gasteiger charge is -2.27. The molecule has 2 rings (SSSR count). The van der Waals surface area contributed by atoms with Crippen molar-refractivity contribution in [3.8, 4) is 0 Å². The topological polar surface area (TPSA) is 74.7 Å². The Bertz CT molecular complexity index is 835. The first kappa shape index (κ1) is 19.0. The Morgan fingerprint density at radius 2 is 1.52 bits per heavy atom. The predicted molar refractivity (Wildman–Crippen MR) is 98.5 cm³/mol. The van der Waals surface area contributed by atoms with E-state index in [1.807, 2.05) is 39.0 Å². The van der Waals surface area contributed by atoms with Crippen LogP contribution in [0.5, 0.6) is 0 Å². The maximum absolute atomic E-state index is 13.2. The van der Waals surface area contributed by atoms with Crippen molar-refractivity contribution in [2.75, 3.05) is 10.8 Å². The number of aryl methyl sites for hydroxylation is 3. The third kappa shape index (κ3) is 4.02. The summed E-state index contributed by atoms with van der Waals surface area (Å²) in [6.45, 7) is 5.11. The molecule has 0 aliphatic heterocycles. The Kier molecular flexibility index (Phi) is 5.85. The van der Waals surface area contributed by atoms with E-state index >= 15 is 0 Å². The van der Waals surface area contributed by atoms with Gasteiger partial charge in [-0.25, -0.2) is 8.42 Å². The highest BCUT2D eigenvalue weighted by Crippen LogP contribution is 2.31. The van der Waals surface area contributed by atoms with Gasteiger partial charge in [-0.3, -0.25) is 9.10 Å². The fourth-order valence-electron chi connectivity index (χ4n) is 2.78. The number of hydrogen-bond donors (Lipinski definition) is 1. The minimum atomic E-state index is -3.98. The van der Waals surface area contributed by atoms with Gasteiger partial charge in [0.25, 0.3) is 10.0 Å². The van der Waals surface area contributed by atoms with Crippen molar-refractivity contribution in [3.63, 3.8) is 0 Å². The van der Waals surface area contributed by atoms with Gasteiger partial charge in [0.05, 0.1) is 10.6 Å². The highest BCUT2D eigenvalue weighted by molar-refractivity contribution is 7.92. The number of rotatable bonds is 7. The van der Waals surface area contributed by atoms with Crippen molar-refractivity contribution in [1.29, 1.82) is 0 Å². The standard InChI is InChI=1S/C19H23NO4S/c1-4-15-7-6-8-16(5-2)19(15)20(13-18(21)22)25(23,24)17-11-9-14(3)10-12-17/h6-12H,4-5,13H2,1-3H3,(H,21,22). The molecule has 0 radical (unpaired) electrons. The first-order valence-electron chi connectivity index (χ1n) is 8.23. The second kappa shape index (κ2) is 7.70. The van der Waals surface area contributed by atoms with E-state index in [0.717, 1.165) is 21.0 Å². The first-order valence-corrected chi connectivity index (χ1v) is 9.67. The number of aliphatic carboxylic acids is 1. The van der Waals surface area contributed by atoms with Crippen LogP contribution in [0.1, 0.15) is 30.5 Å². The zero-order chi connectivity index (χ0) is 18.6. The molecular formula is C19H23NO4S. The second-order valence-corrected chi connectivity index (χ2v) is 7.71. The van der Waals surface area contributed by atoms with Gasteiger partial charge < -0.3 is 5.11 Å². The van der Waals surface area contributed by atoms with Crippen molar-refractivity contribution in [2.24, 2.45) is 0 Å². The van der Waals surface area contributed by atoms with Crippen molar-refractivity contribution in [2.45, 2.75) is 38.5 Å². The Balaban J connectivity index is 2.69. The van der Waals surface area contributed by atoms with Crippen molar-refractivity contribution in [1.82, 2.24) is 0 Å². The molecule has 0 aliphatic rings. The van der Waals surface area contributed by atoms with E-state index in [9.17, 15) is 18.3 Å². The van der Waals surface area contributed by atoms with Gasteiger partial charge in [0.1, 0.15) is 6.54 Å². The molecule has 25 heavy (non-hydrogen) atoms. The molecule has 0 aromatic heterocycles. The molecule has 0 aliphatic carbocycles. The molecule has 0 spiro atoms. The molecule has 0 heterocycles. The molecule has 2 aromatic rings. The number of hydrogen-bond acceptors (Lipinski definition) is 3. The number of para-hydroxylation sites is 1. The van der Waals surface area contributed by atoms with Gasteiger partial charge in [-0.2, -0.15) is 0 Å². The van der Waals surface area contributed by atoms with E-state index in [0.29, 0.717) is 18.5 Å². The number of carboxylic acids is 1. The van der Waals surface area contributed by atoms with Gasteiger partial charge >= 0.3 is 5.97 Å². The lowest BCUT2D eigenvalue weighted by atomic mass is 10.0. The lowest BCUT2D eigenvalue weighted by Crippen LogP contribution is -2.37. The molecule has 0 amide bonds. The van der Waals surface area contributed by atoms with E-state index in [1.54, 1.807) is 12.1 Å². The van der Waals surface area contributed by atoms with Crippen molar-refractivity contribution < 1.29 is 18.3 Å². The number of benzene rings is 2. The van der Waals surface area contributed by atoms with Gasteiger partial charge in [0, 0.05) is 0 Å². The summed E-state index contributed by atoms with van der Waals surface area (Å²) < 4.78 is 27.4. The van der Waals surface area contributed by atoms with Gasteiger partial charge in [-0.1, -0.05) is 49.7 Å². The van der Waals surface area contributed by atoms with E-state index in [4.69, 9.17) is 0 Å². The summed E-state index contributed by atoms with van der Waals surface area (Å²) in [6, 6.07) is 12.0. The fraction of sp³-hybridized carbons (Fsp3) is 0.316. The molecule has 5 nitrogen and oxygen atoms in total. The Morgan fingerprint density at radius 1 is 1.00 bits per heavy atom. The molecule has 1 N–H and O–H groups in total. The molecular weight excluding hydrogens is 338 g/mol. The van der Waals surface area contributed by atoms with Crippen LogP contribution in [-0.2, 0) is 27.7 Å². The third-order valence-electron chi connectivity index (χ3n) is 4.10. The summed E-state index contributed by atoms with van der Waals surface area (Å²) in [5.41, 5.74) is 3.05. The zero-order valence-corrected chi connectivity index (χ0v) is 15.5. The van der Waals surface area contributed by atoms with Crippen LogP contribution in [0.2, 0.25) is 0 Å². The van der Waals surface area contributed by atoms with Crippen LogP contribution in [0.3, 0.4) is 0 Å². The summed E-state index contributed by atoms with van der Waals surface area (Å²) in [7, 11) is -3.98. The zero-order valence-electron chi connectivity index (χ0n) is 14.7. The van der Waals surface area contributed by atoms with Crippen molar-refractivity contribution >= 4 is 21.7 Å². The van der Waals surface area contributed by atoms with Crippen LogP contribution < -0.4 is 4.31 Å². The van der Waals surface area contributed by atoms with E-state index in [2.05, 4.69) is 0 Å². The summed E-state index contributed by atoms with van der Waals surface area (Å²) >= 11 is 0. The molecule has 2 aromatic carbocycles. The lowest BCUT2D eigenvalue weighted by molar-refractivity contribution is -0.135. The average Bonchev–Trinajstić information content (AvgIpc) is 2.59. The molecule has 6 heteroatoms. The Labute approximate surface area is 149 Å². The fourth-order valence-corrected chi connectivity index (χ4v) is 4.27. The number of anilines is 1. The molecule has 0 fully saturated rings. The van der Waals surface area contributed by atoms with E-state index in [1.165, 1.54) is 12.1 Å². The maximum atomic E-state index is 13.2. The predicted octanol–water partition coefficient (Wildman–Crippen LogP) is 3.40. The number of carboxylic acid groups (broad SMARTS) is 1. The second-order valence-electron chi connectivity index (χ2n) is 5.85. The summed E-state index contributed by atoms with van der Waals surface area (Å²) in [4.78, 5) is 11.5. The highest BCUT2D eigenvalue weighted by Gasteiger charge is 2.29. The van der Waals surface area contributed by atoms with Gasteiger partial charge in [-0.15, -0.1) is 0 Å². The quantitative estimate of drug-likeness (QED) is 0.820. The molecule has 0 saturated heterocycles. The first-order chi connectivity index (χ1) is 11.8. The van der Waals surface area contributed by atoms with Gasteiger partial charge in [0.15, 0.2) is 0 Å². The molecule has 0 saturated carbocycles. The SMILES string of the molecule is CCc1cccc(CC)c1N(CC(=O)O)S(=O)(=O)c1ccc(C)cc1. The molecule has 134 valence electrons. The molecule has 0 bridgehead atoms. The highest BCUT2D eigenvalue weighted by atomic mass is 32.2. The smallest absolute Gasteiger partial charge is 0.324 e. The summed E-state index contributed by atoms with van der Waals surface area (Å²) in [5, 5.41) is 9.32. The van der Waals surface area contributed by atoms with E-state index < -0.39 is 22.5 Å². The van der Waals surface area contributed by atoms with Crippen LogP contribution in [0.4, 0.5) is 5.69 Å². The number of carbonyl (C=O) groups is 1. The van der Waals surface area contributed by atoms with Gasteiger partial charge in [0.2, 0.25) is 0 Å². The largest absolute Gasteiger partial charge is 0.480 e. The summed E-state index contributed by atoms with van der Waals surface area (Å²) in [5.74, 6) is -1.19. The van der Waals surface area contributed by atoms with Crippen molar-refractivity contribution in [3.05, 3.63) is 59.2 Å². The van der Waals surface area contributed by atoms with Crippen LogP contribution in [0.15, 0.2) is 47.4 Å². The maximum Gasteiger partial charge on any atom is 0.324 e. The third-order valence-corrected chi connectivity index (χ3v) is 5.86. The summed E-state index contributed by atoms with van der Waals surface area (Å²) in [6.07, 6.45) is 1.23.